The van der Waals surface area contributed by atoms with E-state index >= 15 is 0 Å². The maximum absolute atomic E-state index is 13.3. The van der Waals surface area contributed by atoms with Gasteiger partial charge in [-0.15, -0.1) is 0 Å². The van der Waals surface area contributed by atoms with E-state index in [9.17, 15) is 22.9 Å². The van der Waals surface area contributed by atoms with Crippen LogP contribution >= 0.6 is 0 Å². The number of sulfonamides is 1. The highest BCUT2D eigenvalue weighted by Crippen LogP contribution is 2.31. The highest BCUT2D eigenvalue weighted by Gasteiger charge is 2.23. The molecule has 0 amide bonds. The average molecular weight is 381 g/mol. The molecule has 2 aromatic rings. The van der Waals surface area contributed by atoms with Gasteiger partial charge in [0.2, 0.25) is 10.0 Å². The van der Waals surface area contributed by atoms with Crippen molar-refractivity contribution in [1.29, 1.82) is 0 Å². The van der Waals surface area contributed by atoms with E-state index in [0.717, 1.165) is 6.07 Å². The molecule has 0 heterocycles. The minimum absolute atomic E-state index is 0.180. The van der Waals surface area contributed by atoms with Gasteiger partial charge < -0.3 is 4.90 Å². The van der Waals surface area contributed by atoms with Crippen LogP contribution in [-0.4, -0.2) is 26.4 Å². The van der Waals surface area contributed by atoms with Crippen LogP contribution in [0.25, 0.3) is 0 Å². The van der Waals surface area contributed by atoms with Crippen molar-refractivity contribution in [3.8, 4) is 0 Å². The molecule has 2 aromatic carbocycles. The van der Waals surface area contributed by atoms with Crippen molar-refractivity contribution in [1.82, 2.24) is 4.72 Å². The fraction of sp³-hybridized carbons (Fsp3) is 0.294. The zero-order chi connectivity index (χ0) is 19.5. The molecular formula is C17H20FN3O4S. The van der Waals surface area contributed by atoms with Crippen LogP contribution in [0.1, 0.15) is 19.4 Å². The van der Waals surface area contributed by atoms with Crippen LogP contribution in [0.4, 0.5) is 15.8 Å². The number of anilines is 1. The summed E-state index contributed by atoms with van der Waals surface area (Å²) in [5.41, 5.74) is 0.540. The van der Waals surface area contributed by atoms with E-state index in [1.54, 1.807) is 37.9 Å². The zero-order valence-corrected chi connectivity index (χ0v) is 15.5. The summed E-state index contributed by atoms with van der Waals surface area (Å²) in [6.07, 6.45) is 0. The van der Waals surface area contributed by atoms with Gasteiger partial charge in [0.15, 0.2) is 0 Å². The number of hydrogen-bond acceptors (Lipinski definition) is 5. The van der Waals surface area contributed by atoms with Crippen molar-refractivity contribution in [2.24, 2.45) is 0 Å². The van der Waals surface area contributed by atoms with Gasteiger partial charge in [0.05, 0.1) is 9.82 Å². The molecule has 0 aromatic heterocycles. The van der Waals surface area contributed by atoms with Crippen LogP contribution in [0.3, 0.4) is 0 Å². The minimum atomic E-state index is -3.85. The van der Waals surface area contributed by atoms with E-state index in [1.807, 2.05) is 0 Å². The molecular weight excluding hydrogens is 361 g/mol. The predicted molar refractivity (Wildman–Crippen MR) is 97.1 cm³/mol. The molecule has 2 rings (SSSR count). The summed E-state index contributed by atoms with van der Waals surface area (Å²) in [7, 11) is -2.23. The van der Waals surface area contributed by atoms with Gasteiger partial charge in [-0.1, -0.05) is 12.1 Å². The lowest BCUT2D eigenvalue weighted by Gasteiger charge is -2.20. The highest BCUT2D eigenvalue weighted by atomic mass is 32.2. The van der Waals surface area contributed by atoms with Gasteiger partial charge in [-0.25, -0.2) is 17.5 Å². The van der Waals surface area contributed by atoms with Gasteiger partial charge in [-0.05, 0) is 43.7 Å². The Hall–Kier alpha value is -2.52. The summed E-state index contributed by atoms with van der Waals surface area (Å²) in [4.78, 5) is 12.2. The van der Waals surface area contributed by atoms with Crippen molar-refractivity contribution < 1.29 is 17.7 Å². The minimum Gasteiger partial charge on any atom is -0.365 e. The lowest BCUT2D eigenvalue weighted by molar-refractivity contribution is -0.384. The number of halogens is 1. The lowest BCUT2D eigenvalue weighted by Crippen LogP contribution is -2.30. The molecule has 140 valence electrons. The Morgan fingerprint density at radius 2 is 1.92 bits per heavy atom. The topological polar surface area (TPSA) is 92.6 Å². The Morgan fingerprint density at radius 1 is 1.23 bits per heavy atom. The fourth-order valence-electron chi connectivity index (χ4n) is 2.51. The lowest BCUT2D eigenvalue weighted by atomic mass is 10.2. The van der Waals surface area contributed by atoms with Crippen LogP contribution in [-0.2, 0) is 16.6 Å². The number of nitro groups is 1. The van der Waals surface area contributed by atoms with Gasteiger partial charge >= 0.3 is 0 Å². The first-order chi connectivity index (χ1) is 12.1. The SMILES string of the molecule is CC(C)NS(=O)(=O)c1ccc(N(C)Cc2cccc(F)c2)c([N+](=O)[O-])c1. The van der Waals surface area contributed by atoms with E-state index < -0.39 is 20.8 Å². The molecule has 0 aliphatic carbocycles. The molecule has 0 bridgehead atoms. The summed E-state index contributed by atoms with van der Waals surface area (Å²) in [5.74, 6) is -0.397. The number of benzene rings is 2. The second-order valence-electron chi connectivity index (χ2n) is 6.17. The number of nitrogens with one attached hydrogen (secondary N) is 1. The number of rotatable bonds is 7. The van der Waals surface area contributed by atoms with Crippen molar-refractivity contribution in [2.75, 3.05) is 11.9 Å². The third-order valence-corrected chi connectivity index (χ3v) is 5.22. The summed E-state index contributed by atoms with van der Waals surface area (Å²) in [5, 5.41) is 11.4. The van der Waals surface area contributed by atoms with Crippen LogP contribution in [0.15, 0.2) is 47.4 Å². The first-order valence-electron chi connectivity index (χ1n) is 7.86. The van der Waals surface area contributed by atoms with Crippen molar-refractivity contribution >= 4 is 21.4 Å². The van der Waals surface area contributed by atoms with Crippen LogP contribution in [0, 0.1) is 15.9 Å². The van der Waals surface area contributed by atoms with Crippen molar-refractivity contribution in [3.63, 3.8) is 0 Å². The molecule has 0 aliphatic heterocycles. The number of nitro benzene ring substituents is 1. The molecule has 0 radical (unpaired) electrons. The summed E-state index contributed by atoms with van der Waals surface area (Å²) in [6, 6.07) is 9.30. The quantitative estimate of drug-likeness (QED) is 0.588. The van der Waals surface area contributed by atoms with Crippen LogP contribution < -0.4 is 9.62 Å². The molecule has 1 N–H and O–H groups in total. The Kier molecular flexibility index (Phi) is 5.94. The van der Waals surface area contributed by atoms with E-state index in [-0.39, 0.29) is 28.9 Å². The maximum Gasteiger partial charge on any atom is 0.293 e. The van der Waals surface area contributed by atoms with Gasteiger partial charge in [-0.3, -0.25) is 10.1 Å². The fourth-order valence-corrected chi connectivity index (χ4v) is 3.78. The van der Waals surface area contributed by atoms with Crippen molar-refractivity contribution in [2.45, 2.75) is 31.3 Å². The molecule has 0 saturated carbocycles. The first kappa shape index (κ1) is 19.8. The monoisotopic (exact) mass is 381 g/mol. The van der Waals surface area contributed by atoms with E-state index in [4.69, 9.17) is 0 Å². The maximum atomic E-state index is 13.3. The second-order valence-corrected chi connectivity index (χ2v) is 7.88. The summed E-state index contributed by atoms with van der Waals surface area (Å²) in [6.45, 7) is 3.55. The van der Waals surface area contributed by atoms with E-state index in [1.165, 1.54) is 24.3 Å². The second kappa shape index (κ2) is 7.79. The average Bonchev–Trinajstić information content (AvgIpc) is 2.53. The zero-order valence-electron chi connectivity index (χ0n) is 14.6. The van der Waals surface area contributed by atoms with Gasteiger partial charge in [0, 0.05) is 25.7 Å². The van der Waals surface area contributed by atoms with Crippen LogP contribution in [0.5, 0.6) is 0 Å². The van der Waals surface area contributed by atoms with E-state index in [0.29, 0.717) is 5.56 Å². The Labute approximate surface area is 151 Å². The Bertz CT molecular complexity index is 916. The molecule has 7 nitrogen and oxygen atoms in total. The largest absolute Gasteiger partial charge is 0.365 e. The number of nitrogens with zero attached hydrogens (tertiary/aromatic N) is 2. The van der Waals surface area contributed by atoms with Crippen LogP contribution in [0.2, 0.25) is 0 Å². The molecule has 0 unspecified atom stereocenters. The Morgan fingerprint density at radius 3 is 2.50 bits per heavy atom. The third-order valence-electron chi connectivity index (χ3n) is 3.56. The summed E-state index contributed by atoms with van der Waals surface area (Å²) >= 11 is 0. The van der Waals surface area contributed by atoms with Gasteiger partial charge in [-0.2, -0.15) is 0 Å². The van der Waals surface area contributed by atoms with Gasteiger partial charge in [0.25, 0.3) is 5.69 Å². The summed E-state index contributed by atoms with van der Waals surface area (Å²) < 4.78 is 40.2. The molecule has 9 heteroatoms. The highest BCUT2D eigenvalue weighted by molar-refractivity contribution is 7.89. The molecule has 0 aliphatic rings. The molecule has 0 spiro atoms. The van der Waals surface area contributed by atoms with E-state index in [2.05, 4.69) is 4.72 Å². The normalized spacial score (nSPS) is 11.6. The number of hydrogen-bond donors (Lipinski definition) is 1. The Balaban J connectivity index is 2.38. The molecule has 26 heavy (non-hydrogen) atoms. The molecule has 0 fully saturated rings. The molecule has 0 saturated heterocycles. The smallest absolute Gasteiger partial charge is 0.293 e. The third kappa shape index (κ3) is 4.77. The predicted octanol–water partition coefficient (Wildman–Crippen LogP) is 3.06. The first-order valence-corrected chi connectivity index (χ1v) is 9.35. The molecule has 0 atom stereocenters. The van der Waals surface area contributed by atoms with Gasteiger partial charge in [0.1, 0.15) is 11.5 Å². The standard InChI is InChI=1S/C17H20FN3O4S/c1-12(2)19-26(24,25)15-7-8-16(17(10-15)21(22)23)20(3)11-13-5-4-6-14(18)9-13/h4-10,12,19H,11H2,1-3H3. The van der Waals surface area contributed by atoms with Crippen molar-refractivity contribution in [3.05, 3.63) is 64.0 Å².